The molecule has 0 amide bonds. The van der Waals surface area contributed by atoms with Gasteiger partial charge in [0.05, 0.1) is 11.1 Å². The average molecular weight is 263 g/mol. The minimum absolute atomic E-state index is 0.0199. The van der Waals surface area contributed by atoms with E-state index in [0.29, 0.717) is 12.3 Å². The smallest absolute Gasteiger partial charge is 0.335 e. The second-order valence-corrected chi connectivity index (χ2v) is 4.88. The van der Waals surface area contributed by atoms with Crippen LogP contribution in [0.4, 0.5) is 0 Å². The first-order chi connectivity index (χ1) is 9.08. The van der Waals surface area contributed by atoms with E-state index in [1.807, 2.05) is 0 Å². The number of hydrogen-bond acceptors (Lipinski definition) is 3. The van der Waals surface area contributed by atoms with Crippen molar-refractivity contribution in [2.75, 3.05) is 13.1 Å². The largest absolute Gasteiger partial charge is 0.478 e. The molecule has 0 atom stereocenters. The second kappa shape index (κ2) is 5.84. The van der Waals surface area contributed by atoms with Gasteiger partial charge in [-0.15, -0.1) is 0 Å². The number of aromatic carboxylic acids is 2. The molecule has 0 unspecified atom stereocenters. The normalized spacial score (nSPS) is 16.2. The lowest BCUT2D eigenvalue weighted by molar-refractivity contribution is 0.0695. The van der Waals surface area contributed by atoms with Crippen molar-refractivity contribution in [3.63, 3.8) is 0 Å². The van der Waals surface area contributed by atoms with Crippen LogP contribution < -0.4 is 5.32 Å². The zero-order valence-corrected chi connectivity index (χ0v) is 10.6. The van der Waals surface area contributed by atoms with Crippen LogP contribution in [-0.4, -0.2) is 35.2 Å². The van der Waals surface area contributed by atoms with Crippen LogP contribution in [0.2, 0.25) is 0 Å². The van der Waals surface area contributed by atoms with Gasteiger partial charge in [-0.1, -0.05) is 6.07 Å². The van der Waals surface area contributed by atoms with Crippen molar-refractivity contribution < 1.29 is 19.8 Å². The summed E-state index contributed by atoms with van der Waals surface area (Å²) in [4.78, 5) is 22.1. The fourth-order valence-corrected chi connectivity index (χ4v) is 2.48. The van der Waals surface area contributed by atoms with Crippen LogP contribution in [0.25, 0.3) is 0 Å². The van der Waals surface area contributed by atoms with Crippen molar-refractivity contribution in [2.45, 2.75) is 19.3 Å². The Hall–Kier alpha value is -1.88. The summed E-state index contributed by atoms with van der Waals surface area (Å²) in [6, 6.07) is 4.36. The van der Waals surface area contributed by atoms with Gasteiger partial charge in [-0.05, 0) is 56.0 Å². The second-order valence-electron chi connectivity index (χ2n) is 4.88. The van der Waals surface area contributed by atoms with E-state index in [1.165, 1.54) is 12.1 Å². The van der Waals surface area contributed by atoms with Crippen LogP contribution in [0, 0.1) is 5.92 Å². The number of carboxylic acid groups (broad SMARTS) is 2. The Bertz CT molecular complexity index is 492. The fourth-order valence-electron chi connectivity index (χ4n) is 2.48. The highest BCUT2D eigenvalue weighted by molar-refractivity contribution is 5.94. The molecule has 2 rings (SSSR count). The molecule has 0 saturated carbocycles. The first-order valence-corrected chi connectivity index (χ1v) is 6.38. The summed E-state index contributed by atoms with van der Waals surface area (Å²) in [6.45, 7) is 1.92. The molecule has 1 fully saturated rings. The summed E-state index contributed by atoms with van der Waals surface area (Å²) in [7, 11) is 0. The van der Waals surface area contributed by atoms with Gasteiger partial charge in [-0.3, -0.25) is 0 Å². The lowest BCUT2D eigenvalue weighted by Gasteiger charge is -2.23. The zero-order chi connectivity index (χ0) is 13.8. The van der Waals surface area contributed by atoms with Crippen molar-refractivity contribution in [2.24, 2.45) is 5.92 Å². The van der Waals surface area contributed by atoms with E-state index in [2.05, 4.69) is 5.32 Å². The van der Waals surface area contributed by atoms with Crippen LogP contribution in [0.1, 0.15) is 39.1 Å². The summed E-state index contributed by atoms with van der Waals surface area (Å²) in [5, 5.41) is 21.4. The summed E-state index contributed by atoms with van der Waals surface area (Å²) in [5.41, 5.74) is 0.856. The maximum atomic E-state index is 11.2. The van der Waals surface area contributed by atoms with E-state index in [4.69, 9.17) is 5.11 Å². The third-order valence-corrected chi connectivity index (χ3v) is 3.55. The molecule has 102 valence electrons. The maximum Gasteiger partial charge on any atom is 0.335 e. The minimum Gasteiger partial charge on any atom is -0.478 e. The Labute approximate surface area is 111 Å². The fraction of sp³-hybridized carbons (Fsp3) is 0.429. The third-order valence-electron chi connectivity index (χ3n) is 3.55. The molecule has 1 aliphatic rings. The molecule has 0 aromatic heterocycles. The highest BCUT2D eigenvalue weighted by Gasteiger charge is 2.19. The SMILES string of the molecule is O=C(O)c1ccc(CC2CCNCC2)c(C(=O)O)c1. The molecule has 5 nitrogen and oxygen atoms in total. The van der Waals surface area contributed by atoms with E-state index < -0.39 is 11.9 Å². The molecule has 0 aliphatic carbocycles. The number of hydrogen-bond donors (Lipinski definition) is 3. The van der Waals surface area contributed by atoms with Gasteiger partial charge in [0, 0.05) is 0 Å². The van der Waals surface area contributed by atoms with Crippen LogP contribution in [0.5, 0.6) is 0 Å². The van der Waals surface area contributed by atoms with Gasteiger partial charge >= 0.3 is 11.9 Å². The molecule has 5 heteroatoms. The van der Waals surface area contributed by atoms with Crippen molar-refractivity contribution >= 4 is 11.9 Å². The summed E-state index contributed by atoms with van der Waals surface area (Å²) in [6.07, 6.45) is 2.75. The van der Waals surface area contributed by atoms with Gasteiger partial charge in [0.2, 0.25) is 0 Å². The summed E-state index contributed by atoms with van der Waals surface area (Å²) >= 11 is 0. The van der Waals surface area contributed by atoms with Crippen molar-refractivity contribution in [3.8, 4) is 0 Å². The topological polar surface area (TPSA) is 86.6 Å². The van der Waals surface area contributed by atoms with Crippen molar-refractivity contribution in [1.82, 2.24) is 5.32 Å². The molecule has 1 aromatic carbocycles. The molecule has 0 spiro atoms. The first kappa shape index (κ1) is 13.5. The zero-order valence-electron chi connectivity index (χ0n) is 10.6. The Balaban J connectivity index is 2.23. The number of rotatable bonds is 4. The van der Waals surface area contributed by atoms with Gasteiger partial charge in [-0.2, -0.15) is 0 Å². The minimum atomic E-state index is -1.10. The van der Waals surface area contributed by atoms with Crippen LogP contribution in [0.15, 0.2) is 18.2 Å². The Morgan fingerprint density at radius 1 is 1.16 bits per heavy atom. The van der Waals surface area contributed by atoms with Crippen LogP contribution in [0.3, 0.4) is 0 Å². The molecule has 3 N–H and O–H groups in total. The number of benzene rings is 1. The van der Waals surface area contributed by atoms with Gasteiger partial charge in [0.15, 0.2) is 0 Å². The quantitative estimate of drug-likeness (QED) is 0.768. The van der Waals surface area contributed by atoms with Gasteiger partial charge < -0.3 is 15.5 Å². The Morgan fingerprint density at radius 2 is 1.84 bits per heavy atom. The molecule has 1 aromatic rings. The molecular formula is C14H17NO4. The maximum absolute atomic E-state index is 11.2. The molecule has 1 heterocycles. The molecule has 0 bridgehead atoms. The highest BCUT2D eigenvalue weighted by Crippen LogP contribution is 2.21. The highest BCUT2D eigenvalue weighted by atomic mass is 16.4. The van der Waals surface area contributed by atoms with E-state index in [0.717, 1.165) is 31.5 Å². The van der Waals surface area contributed by atoms with Crippen LogP contribution >= 0.6 is 0 Å². The lowest BCUT2D eigenvalue weighted by Crippen LogP contribution is -2.29. The Morgan fingerprint density at radius 3 is 2.42 bits per heavy atom. The van der Waals surface area contributed by atoms with Gasteiger partial charge in [-0.25, -0.2) is 9.59 Å². The van der Waals surface area contributed by atoms with Crippen molar-refractivity contribution in [3.05, 3.63) is 34.9 Å². The molecule has 19 heavy (non-hydrogen) atoms. The monoisotopic (exact) mass is 263 g/mol. The van der Waals surface area contributed by atoms with E-state index in [9.17, 15) is 14.7 Å². The number of carboxylic acids is 2. The lowest BCUT2D eigenvalue weighted by atomic mass is 9.88. The molecule has 0 radical (unpaired) electrons. The van der Waals surface area contributed by atoms with E-state index in [1.54, 1.807) is 6.07 Å². The number of piperidine rings is 1. The van der Waals surface area contributed by atoms with Gasteiger partial charge in [0.25, 0.3) is 0 Å². The standard InChI is InChI=1S/C14H17NO4/c16-13(17)11-2-1-10(12(8-11)14(18)19)7-9-3-5-15-6-4-9/h1-2,8-9,15H,3-7H2,(H,16,17)(H,18,19). The predicted octanol–water partition coefficient (Wildman–Crippen LogP) is 1.63. The average Bonchev–Trinajstić information content (AvgIpc) is 2.39. The third kappa shape index (κ3) is 3.32. The molecular weight excluding hydrogens is 246 g/mol. The first-order valence-electron chi connectivity index (χ1n) is 6.38. The van der Waals surface area contributed by atoms with Crippen LogP contribution in [-0.2, 0) is 6.42 Å². The van der Waals surface area contributed by atoms with Gasteiger partial charge in [0.1, 0.15) is 0 Å². The number of carbonyl (C=O) groups is 2. The molecule has 1 aliphatic heterocycles. The summed E-state index contributed by atoms with van der Waals surface area (Å²) in [5.74, 6) is -1.70. The predicted molar refractivity (Wildman–Crippen MR) is 69.7 cm³/mol. The molecule has 1 saturated heterocycles. The Kier molecular flexibility index (Phi) is 4.16. The summed E-state index contributed by atoms with van der Waals surface area (Å²) < 4.78 is 0. The van der Waals surface area contributed by atoms with E-state index in [-0.39, 0.29) is 11.1 Å². The number of nitrogens with one attached hydrogen (secondary N) is 1. The van der Waals surface area contributed by atoms with E-state index >= 15 is 0 Å². The van der Waals surface area contributed by atoms with Crippen molar-refractivity contribution in [1.29, 1.82) is 0 Å².